The Hall–Kier alpha value is -1.86. The van der Waals surface area contributed by atoms with Crippen molar-refractivity contribution in [3.8, 4) is 5.69 Å². The van der Waals surface area contributed by atoms with Gasteiger partial charge in [-0.1, -0.05) is 0 Å². The second-order valence-electron chi connectivity index (χ2n) is 5.06. The van der Waals surface area contributed by atoms with E-state index in [2.05, 4.69) is 4.98 Å². The maximum Gasteiger partial charge on any atom is 0.161 e. The molecule has 21 heavy (non-hydrogen) atoms. The highest BCUT2D eigenvalue weighted by atomic mass is 19.2. The van der Waals surface area contributed by atoms with Crippen LogP contribution in [0.15, 0.2) is 24.7 Å². The quantitative estimate of drug-likeness (QED) is 0.885. The molecule has 2 aromatic rings. The summed E-state index contributed by atoms with van der Waals surface area (Å²) >= 11 is 0. The van der Waals surface area contributed by atoms with Gasteiger partial charge in [-0.2, -0.15) is 0 Å². The Morgan fingerprint density at radius 3 is 2.71 bits per heavy atom. The zero-order valence-corrected chi connectivity index (χ0v) is 11.1. The van der Waals surface area contributed by atoms with Crippen LogP contribution in [0, 0.1) is 23.4 Å². The molecule has 0 saturated carbocycles. The van der Waals surface area contributed by atoms with Gasteiger partial charge in [-0.05, 0) is 6.42 Å². The molecule has 0 aliphatic carbocycles. The van der Waals surface area contributed by atoms with E-state index < -0.39 is 23.5 Å². The lowest BCUT2D eigenvalue weighted by molar-refractivity contribution is 0.180. The van der Waals surface area contributed by atoms with Crippen LogP contribution in [0.5, 0.6) is 0 Å². The Kier molecular flexibility index (Phi) is 3.69. The van der Waals surface area contributed by atoms with Crippen molar-refractivity contribution < 1.29 is 17.9 Å². The highest BCUT2D eigenvalue weighted by molar-refractivity contribution is 5.37. The van der Waals surface area contributed by atoms with E-state index in [1.54, 1.807) is 0 Å². The molecule has 0 amide bonds. The smallest absolute Gasteiger partial charge is 0.161 e. The average Bonchev–Trinajstić information content (AvgIpc) is 3.12. The number of nitrogens with zero attached hydrogens (tertiary/aromatic N) is 2. The number of benzene rings is 1. The van der Waals surface area contributed by atoms with E-state index in [0.29, 0.717) is 25.0 Å². The lowest BCUT2D eigenvalue weighted by Crippen LogP contribution is -2.24. The molecule has 1 aliphatic heterocycles. The lowest BCUT2D eigenvalue weighted by atomic mass is 9.97. The van der Waals surface area contributed by atoms with Crippen LogP contribution in [-0.4, -0.2) is 22.8 Å². The molecule has 0 spiro atoms. The fraction of sp³-hybridized carbons (Fsp3) is 0.357. The van der Waals surface area contributed by atoms with E-state index in [4.69, 9.17) is 10.5 Å². The summed E-state index contributed by atoms with van der Waals surface area (Å²) in [6, 6.07) is 0.898. The van der Waals surface area contributed by atoms with Crippen molar-refractivity contribution in [3.63, 3.8) is 0 Å². The van der Waals surface area contributed by atoms with Crippen LogP contribution in [0.3, 0.4) is 0 Å². The number of hydrogen-bond acceptors (Lipinski definition) is 3. The minimum Gasteiger partial charge on any atom is -0.381 e. The van der Waals surface area contributed by atoms with Gasteiger partial charge in [0.15, 0.2) is 11.6 Å². The fourth-order valence-electron chi connectivity index (χ4n) is 2.53. The third-order valence-corrected chi connectivity index (χ3v) is 3.73. The minimum atomic E-state index is -1.23. The normalized spacial score (nSPS) is 19.9. The van der Waals surface area contributed by atoms with Crippen LogP contribution < -0.4 is 5.73 Å². The predicted molar refractivity (Wildman–Crippen MR) is 69.3 cm³/mol. The van der Waals surface area contributed by atoms with Gasteiger partial charge in [0.1, 0.15) is 5.82 Å². The van der Waals surface area contributed by atoms with Crippen molar-refractivity contribution in [2.24, 2.45) is 11.7 Å². The molecule has 0 radical (unpaired) electrons. The second-order valence-corrected chi connectivity index (χ2v) is 5.06. The number of imidazole rings is 1. The molecule has 2 heterocycles. The third-order valence-electron chi connectivity index (χ3n) is 3.73. The number of hydrogen-bond donors (Lipinski definition) is 1. The Morgan fingerprint density at radius 2 is 2.00 bits per heavy atom. The number of rotatable bonds is 3. The second kappa shape index (κ2) is 5.50. The molecule has 2 unspecified atom stereocenters. The molecular weight excluding hydrogens is 283 g/mol. The van der Waals surface area contributed by atoms with Crippen LogP contribution in [0.25, 0.3) is 5.69 Å². The van der Waals surface area contributed by atoms with Crippen LogP contribution in [0.2, 0.25) is 0 Å². The molecular formula is C14H14F3N3O. The van der Waals surface area contributed by atoms with Crippen molar-refractivity contribution in [2.45, 2.75) is 12.5 Å². The van der Waals surface area contributed by atoms with E-state index in [-0.39, 0.29) is 11.6 Å². The number of halogens is 3. The van der Waals surface area contributed by atoms with Gasteiger partial charge in [-0.15, -0.1) is 0 Å². The van der Waals surface area contributed by atoms with Gasteiger partial charge in [-0.25, -0.2) is 18.2 Å². The molecule has 2 N–H and O–H groups in total. The zero-order chi connectivity index (χ0) is 15.0. The largest absolute Gasteiger partial charge is 0.381 e. The predicted octanol–water partition coefficient (Wildman–Crippen LogP) is 2.33. The standard InChI is InChI=1S/C14H14F3N3O/c15-9-3-11(17)12(4-10(9)16)20-7-19-5-13(20)14(18)8-1-2-21-6-8/h3-5,7-8,14H,1-2,6,18H2. The van der Waals surface area contributed by atoms with E-state index in [1.165, 1.54) is 17.1 Å². The molecule has 7 heteroatoms. The molecule has 1 aromatic carbocycles. The highest BCUT2D eigenvalue weighted by Gasteiger charge is 2.27. The fourth-order valence-corrected chi connectivity index (χ4v) is 2.53. The SMILES string of the molecule is NC(c1cncn1-c1cc(F)c(F)cc1F)C1CCOC1. The van der Waals surface area contributed by atoms with Crippen LogP contribution in [0.1, 0.15) is 18.2 Å². The van der Waals surface area contributed by atoms with Crippen LogP contribution in [-0.2, 0) is 4.74 Å². The van der Waals surface area contributed by atoms with E-state index in [9.17, 15) is 13.2 Å². The van der Waals surface area contributed by atoms with Gasteiger partial charge in [-0.3, -0.25) is 4.57 Å². The monoisotopic (exact) mass is 297 g/mol. The molecule has 1 aromatic heterocycles. The highest BCUT2D eigenvalue weighted by Crippen LogP contribution is 2.29. The molecule has 2 atom stereocenters. The van der Waals surface area contributed by atoms with Gasteiger partial charge in [0.25, 0.3) is 0 Å². The topological polar surface area (TPSA) is 53.1 Å². The van der Waals surface area contributed by atoms with Gasteiger partial charge in [0.2, 0.25) is 0 Å². The summed E-state index contributed by atoms with van der Waals surface area (Å²) in [6.45, 7) is 1.15. The Morgan fingerprint density at radius 1 is 1.24 bits per heavy atom. The molecule has 4 nitrogen and oxygen atoms in total. The molecule has 3 rings (SSSR count). The first-order valence-corrected chi connectivity index (χ1v) is 6.58. The lowest BCUT2D eigenvalue weighted by Gasteiger charge is -2.19. The Bertz CT molecular complexity index is 653. The Balaban J connectivity index is 2.00. The van der Waals surface area contributed by atoms with Gasteiger partial charge in [0, 0.05) is 24.7 Å². The number of nitrogens with two attached hydrogens (primary N) is 1. The molecule has 1 aliphatic rings. The van der Waals surface area contributed by atoms with Gasteiger partial charge >= 0.3 is 0 Å². The maximum atomic E-state index is 13.9. The van der Waals surface area contributed by atoms with E-state index >= 15 is 0 Å². The van der Waals surface area contributed by atoms with Gasteiger partial charge < -0.3 is 10.5 Å². The Labute approximate surface area is 119 Å². The minimum absolute atomic E-state index is 0.0915. The first-order valence-electron chi connectivity index (χ1n) is 6.58. The van der Waals surface area contributed by atoms with Crippen molar-refractivity contribution in [2.75, 3.05) is 13.2 Å². The molecule has 1 saturated heterocycles. The summed E-state index contributed by atoms with van der Waals surface area (Å²) in [5, 5.41) is 0. The van der Waals surface area contributed by atoms with Crippen molar-refractivity contribution in [1.29, 1.82) is 0 Å². The van der Waals surface area contributed by atoms with Crippen molar-refractivity contribution in [1.82, 2.24) is 9.55 Å². The number of ether oxygens (including phenoxy) is 1. The molecule has 1 fully saturated rings. The number of aromatic nitrogens is 2. The van der Waals surface area contributed by atoms with Crippen molar-refractivity contribution >= 4 is 0 Å². The van der Waals surface area contributed by atoms with Crippen LogP contribution in [0.4, 0.5) is 13.2 Å². The first-order chi connectivity index (χ1) is 10.1. The molecule has 0 bridgehead atoms. The summed E-state index contributed by atoms with van der Waals surface area (Å²) in [5.74, 6) is -3.13. The summed E-state index contributed by atoms with van der Waals surface area (Å²) in [6.07, 6.45) is 3.64. The average molecular weight is 297 g/mol. The van der Waals surface area contributed by atoms with Crippen molar-refractivity contribution in [3.05, 3.63) is 47.8 Å². The summed E-state index contributed by atoms with van der Waals surface area (Å²) < 4.78 is 46.9. The van der Waals surface area contributed by atoms with E-state index in [0.717, 1.165) is 12.5 Å². The summed E-state index contributed by atoms with van der Waals surface area (Å²) in [5.41, 5.74) is 6.59. The summed E-state index contributed by atoms with van der Waals surface area (Å²) in [7, 11) is 0. The van der Waals surface area contributed by atoms with Gasteiger partial charge in [0.05, 0.1) is 36.6 Å². The third kappa shape index (κ3) is 2.54. The zero-order valence-electron chi connectivity index (χ0n) is 11.1. The molecule has 112 valence electrons. The maximum absolute atomic E-state index is 13.9. The van der Waals surface area contributed by atoms with E-state index in [1.807, 2.05) is 0 Å². The first kappa shape index (κ1) is 14.1. The summed E-state index contributed by atoms with van der Waals surface area (Å²) in [4.78, 5) is 3.94. The van der Waals surface area contributed by atoms with Crippen LogP contribution >= 0.6 is 0 Å².